The third-order valence-electron chi connectivity index (χ3n) is 7.04. The first kappa shape index (κ1) is 23.8. The first-order valence-corrected chi connectivity index (χ1v) is 12.2. The van der Waals surface area contributed by atoms with E-state index < -0.39 is 5.41 Å². The number of carbonyl (C=O) groups excluding carboxylic acids is 1. The minimum absolute atomic E-state index is 0.0666. The van der Waals surface area contributed by atoms with Crippen molar-refractivity contribution in [3.05, 3.63) is 102 Å². The smallest absolute Gasteiger partial charge is 0.257 e. The van der Waals surface area contributed by atoms with Crippen LogP contribution >= 0.6 is 0 Å². The van der Waals surface area contributed by atoms with Gasteiger partial charge in [0.25, 0.3) is 5.89 Å². The zero-order chi connectivity index (χ0) is 25.0. The summed E-state index contributed by atoms with van der Waals surface area (Å²) in [5, 5.41) is 3.83. The van der Waals surface area contributed by atoms with Crippen molar-refractivity contribution in [1.82, 2.24) is 15.0 Å². The fraction of sp³-hybridized carbons (Fsp3) is 0.276. The summed E-state index contributed by atoms with van der Waals surface area (Å²) in [7, 11) is 0. The molecule has 1 aliphatic heterocycles. The lowest BCUT2D eigenvalue weighted by atomic mass is 9.64. The fourth-order valence-electron chi connectivity index (χ4n) is 5.32. The van der Waals surface area contributed by atoms with Gasteiger partial charge in [-0.2, -0.15) is 4.98 Å². The second kappa shape index (κ2) is 10.3. The number of aromatic nitrogens is 2. The molecular formula is C29H30N4O3. The molecule has 7 heteroatoms. The van der Waals surface area contributed by atoms with Crippen LogP contribution in [-0.4, -0.2) is 47.2 Å². The highest BCUT2D eigenvalue weighted by molar-refractivity contribution is 5.91. The Hall–Kier alpha value is -3.97. The monoisotopic (exact) mass is 482 g/mol. The van der Waals surface area contributed by atoms with E-state index in [1.807, 2.05) is 84.9 Å². The number of primary amides is 1. The van der Waals surface area contributed by atoms with Gasteiger partial charge in [-0.3, -0.25) is 9.69 Å². The van der Waals surface area contributed by atoms with Crippen molar-refractivity contribution < 1.29 is 14.1 Å². The van der Waals surface area contributed by atoms with Crippen LogP contribution in [0.1, 0.15) is 23.4 Å². The third-order valence-corrected chi connectivity index (χ3v) is 7.04. The number of rotatable bonds is 9. The lowest BCUT2D eigenvalue weighted by Crippen LogP contribution is -2.49. The molecule has 5 rings (SSSR count). The highest BCUT2D eigenvalue weighted by atomic mass is 16.5. The van der Waals surface area contributed by atoms with Gasteiger partial charge < -0.3 is 15.0 Å². The summed E-state index contributed by atoms with van der Waals surface area (Å²) in [5.41, 5.74) is 8.07. The first-order chi connectivity index (χ1) is 17.6. The number of amides is 1. The number of nitrogens with zero attached hydrogens (tertiary/aromatic N) is 3. The summed E-state index contributed by atoms with van der Waals surface area (Å²) >= 11 is 0. The summed E-state index contributed by atoms with van der Waals surface area (Å²) in [6.45, 7) is 4.76. The van der Waals surface area contributed by atoms with Gasteiger partial charge in [-0.15, -0.1) is 0 Å². The molecule has 4 aromatic rings. The second-order valence-corrected chi connectivity index (χ2v) is 9.21. The van der Waals surface area contributed by atoms with Crippen LogP contribution in [0.4, 0.5) is 0 Å². The van der Waals surface area contributed by atoms with Gasteiger partial charge in [-0.1, -0.05) is 65.8 Å². The van der Waals surface area contributed by atoms with Gasteiger partial charge in [0.15, 0.2) is 5.82 Å². The molecule has 184 valence electrons. The predicted molar refractivity (Wildman–Crippen MR) is 137 cm³/mol. The molecule has 0 spiro atoms. The highest BCUT2D eigenvalue weighted by Gasteiger charge is 2.49. The molecule has 1 atom stereocenters. The maximum Gasteiger partial charge on any atom is 0.257 e. The number of likely N-dealkylation sites (tertiary alicyclic amines) is 1. The minimum Gasteiger partial charge on any atom is -0.492 e. The number of carbonyl (C=O) groups is 1. The van der Waals surface area contributed by atoms with Crippen molar-refractivity contribution in [2.45, 2.75) is 18.8 Å². The standard InChI is InChI=1S/C29H30N4O3/c1-21-31-27(36-32-21)22-12-14-26(15-13-22)35-19-18-33-17-16-25(20-33)29(28(30)34,23-8-4-2-5-9-23)24-10-6-3-7-11-24/h2-15,25H,16-20H2,1H3,(H2,30,34)/t25-/m1/s1. The maximum atomic E-state index is 13.2. The summed E-state index contributed by atoms with van der Waals surface area (Å²) < 4.78 is 11.2. The van der Waals surface area contributed by atoms with E-state index in [0.29, 0.717) is 18.3 Å². The average Bonchev–Trinajstić information content (AvgIpc) is 3.56. The Kier molecular flexibility index (Phi) is 6.82. The molecule has 1 saturated heterocycles. The van der Waals surface area contributed by atoms with Crippen LogP contribution in [0.5, 0.6) is 5.75 Å². The molecule has 2 heterocycles. The van der Waals surface area contributed by atoms with Crippen molar-refractivity contribution in [2.24, 2.45) is 11.7 Å². The van der Waals surface area contributed by atoms with E-state index in [1.54, 1.807) is 6.92 Å². The van der Waals surface area contributed by atoms with Crippen molar-refractivity contribution in [1.29, 1.82) is 0 Å². The Bertz CT molecular complexity index is 1250. The molecular weight excluding hydrogens is 452 g/mol. The third kappa shape index (κ3) is 4.62. The van der Waals surface area contributed by atoms with Crippen molar-refractivity contribution in [3.63, 3.8) is 0 Å². The molecule has 0 bridgehead atoms. The fourth-order valence-corrected chi connectivity index (χ4v) is 5.32. The molecule has 0 saturated carbocycles. The second-order valence-electron chi connectivity index (χ2n) is 9.21. The zero-order valence-corrected chi connectivity index (χ0v) is 20.3. The van der Waals surface area contributed by atoms with Crippen LogP contribution in [0.25, 0.3) is 11.5 Å². The topological polar surface area (TPSA) is 94.5 Å². The molecule has 36 heavy (non-hydrogen) atoms. The first-order valence-electron chi connectivity index (χ1n) is 12.2. The van der Waals surface area contributed by atoms with E-state index in [2.05, 4.69) is 15.0 Å². The lowest BCUT2D eigenvalue weighted by molar-refractivity contribution is -0.123. The van der Waals surface area contributed by atoms with E-state index in [9.17, 15) is 4.79 Å². The van der Waals surface area contributed by atoms with Gasteiger partial charge in [-0.05, 0) is 61.2 Å². The van der Waals surface area contributed by atoms with E-state index in [0.717, 1.165) is 48.5 Å². The Balaban J connectivity index is 1.26. The van der Waals surface area contributed by atoms with Gasteiger partial charge >= 0.3 is 0 Å². The van der Waals surface area contributed by atoms with E-state index in [-0.39, 0.29) is 11.8 Å². The number of aryl methyl sites for hydroxylation is 1. The minimum atomic E-state index is -0.874. The Labute approximate surface area is 210 Å². The number of benzene rings is 3. The molecule has 0 radical (unpaired) electrons. The summed E-state index contributed by atoms with van der Waals surface area (Å²) in [4.78, 5) is 19.8. The Morgan fingerprint density at radius 2 is 1.67 bits per heavy atom. The lowest BCUT2D eigenvalue weighted by Gasteiger charge is -2.37. The van der Waals surface area contributed by atoms with Crippen LogP contribution in [0.2, 0.25) is 0 Å². The van der Waals surface area contributed by atoms with Crippen LogP contribution in [0.15, 0.2) is 89.5 Å². The van der Waals surface area contributed by atoms with Crippen molar-refractivity contribution in [2.75, 3.05) is 26.2 Å². The highest BCUT2D eigenvalue weighted by Crippen LogP contribution is 2.43. The van der Waals surface area contributed by atoms with Crippen molar-refractivity contribution >= 4 is 5.91 Å². The number of hydrogen-bond acceptors (Lipinski definition) is 6. The summed E-state index contributed by atoms with van der Waals surface area (Å²) in [5.74, 6) is 1.65. The maximum absolute atomic E-state index is 13.2. The van der Waals surface area contributed by atoms with Gasteiger partial charge in [0.1, 0.15) is 17.8 Å². The predicted octanol–water partition coefficient (Wildman–Crippen LogP) is 4.22. The number of ether oxygens (including phenoxy) is 1. The molecule has 1 aliphatic rings. The molecule has 3 aromatic carbocycles. The van der Waals surface area contributed by atoms with Crippen LogP contribution in [0, 0.1) is 12.8 Å². The van der Waals surface area contributed by atoms with Crippen molar-refractivity contribution in [3.8, 4) is 17.2 Å². The molecule has 1 aromatic heterocycles. The summed E-state index contributed by atoms with van der Waals surface area (Å²) in [6.07, 6.45) is 0.880. The molecule has 1 fully saturated rings. The average molecular weight is 483 g/mol. The molecule has 2 N–H and O–H groups in total. The van der Waals surface area contributed by atoms with Crippen LogP contribution in [-0.2, 0) is 10.2 Å². The number of hydrogen-bond donors (Lipinski definition) is 1. The normalized spacial score (nSPS) is 16.2. The van der Waals surface area contributed by atoms with Crippen LogP contribution in [0.3, 0.4) is 0 Å². The zero-order valence-electron chi connectivity index (χ0n) is 20.3. The van der Waals surface area contributed by atoms with E-state index in [1.165, 1.54) is 0 Å². The summed E-state index contributed by atoms with van der Waals surface area (Å²) in [6, 6.07) is 27.5. The quantitative estimate of drug-likeness (QED) is 0.384. The Morgan fingerprint density at radius 1 is 1.03 bits per heavy atom. The largest absolute Gasteiger partial charge is 0.492 e. The molecule has 0 unspecified atom stereocenters. The van der Waals surface area contributed by atoms with Gasteiger partial charge in [0.2, 0.25) is 5.91 Å². The van der Waals surface area contributed by atoms with Crippen LogP contribution < -0.4 is 10.5 Å². The van der Waals surface area contributed by atoms with E-state index in [4.69, 9.17) is 15.0 Å². The SMILES string of the molecule is Cc1noc(-c2ccc(OCCN3CC[C@@H](C(C(N)=O)(c4ccccc4)c4ccccc4)C3)cc2)n1. The van der Waals surface area contributed by atoms with Gasteiger partial charge in [0, 0.05) is 18.7 Å². The van der Waals surface area contributed by atoms with E-state index >= 15 is 0 Å². The van der Waals surface area contributed by atoms with Gasteiger partial charge in [0.05, 0.1) is 0 Å². The van der Waals surface area contributed by atoms with Gasteiger partial charge in [-0.25, -0.2) is 0 Å². The number of nitrogens with two attached hydrogens (primary N) is 1. The molecule has 1 amide bonds. The molecule has 7 nitrogen and oxygen atoms in total. The molecule has 0 aliphatic carbocycles. The Morgan fingerprint density at radius 3 is 2.22 bits per heavy atom.